The van der Waals surface area contributed by atoms with E-state index in [1.54, 1.807) is 0 Å². The van der Waals surface area contributed by atoms with Crippen LogP contribution in [0.15, 0.2) is 6.07 Å². The molecule has 116 valence electrons. The zero-order chi connectivity index (χ0) is 14.8. The van der Waals surface area contributed by atoms with Gasteiger partial charge in [-0.05, 0) is 37.3 Å². The van der Waals surface area contributed by atoms with Gasteiger partial charge < -0.3 is 9.64 Å². The highest BCUT2D eigenvalue weighted by molar-refractivity contribution is 7.80. The van der Waals surface area contributed by atoms with Crippen LogP contribution in [0.25, 0.3) is 0 Å². The van der Waals surface area contributed by atoms with Crippen LogP contribution < -0.4 is 4.90 Å². The van der Waals surface area contributed by atoms with Gasteiger partial charge >= 0.3 is 0 Å². The zero-order valence-electron chi connectivity index (χ0n) is 12.3. The molecule has 2 fully saturated rings. The first-order chi connectivity index (χ1) is 10.1. The van der Waals surface area contributed by atoms with E-state index in [0.29, 0.717) is 17.2 Å². The first-order valence-corrected chi connectivity index (χ1v) is 8.61. The second-order valence-electron chi connectivity index (χ2n) is 6.03. The van der Waals surface area contributed by atoms with E-state index in [1.807, 2.05) is 0 Å². The van der Waals surface area contributed by atoms with E-state index in [4.69, 9.17) is 29.0 Å². The van der Waals surface area contributed by atoms with Crippen molar-refractivity contribution >= 4 is 30.0 Å². The molecule has 1 aromatic heterocycles. The van der Waals surface area contributed by atoms with Crippen molar-refractivity contribution in [3.63, 3.8) is 0 Å². The van der Waals surface area contributed by atoms with Crippen LogP contribution in [-0.2, 0) is 4.74 Å². The minimum Gasteiger partial charge on any atom is -0.377 e. The second kappa shape index (κ2) is 6.71. The Morgan fingerprint density at radius 2 is 2.14 bits per heavy atom. The lowest BCUT2D eigenvalue weighted by Crippen LogP contribution is -2.44. The van der Waals surface area contributed by atoms with Gasteiger partial charge in [0.25, 0.3) is 0 Å². The number of nitrogens with zero attached hydrogens (tertiary/aromatic N) is 3. The van der Waals surface area contributed by atoms with Crippen LogP contribution in [0, 0.1) is 5.92 Å². The first kappa shape index (κ1) is 15.4. The summed E-state index contributed by atoms with van der Waals surface area (Å²) in [6.45, 7) is 4.44. The Hall–Kier alpha value is -0.520. The van der Waals surface area contributed by atoms with E-state index in [2.05, 4.69) is 27.9 Å². The standard InChI is InChI=1S/C15H22ClN3OS/c1-10-9-20-7-6-19(10)13-8-12(17-15(16)18-13)14(21)11-4-2-3-5-11/h8,10-11,14,21H,2-7,9H2,1H3/t10-,14?/m0/s1. The quantitative estimate of drug-likeness (QED) is 0.681. The number of morpholine rings is 1. The highest BCUT2D eigenvalue weighted by Gasteiger charge is 2.27. The number of ether oxygens (including phenoxy) is 1. The maximum absolute atomic E-state index is 6.15. The van der Waals surface area contributed by atoms with E-state index in [1.165, 1.54) is 25.7 Å². The van der Waals surface area contributed by atoms with Gasteiger partial charge in [-0.1, -0.05) is 12.8 Å². The van der Waals surface area contributed by atoms with Crippen LogP contribution >= 0.6 is 24.2 Å². The van der Waals surface area contributed by atoms with Gasteiger partial charge in [-0.15, -0.1) is 0 Å². The topological polar surface area (TPSA) is 38.2 Å². The minimum absolute atomic E-state index is 0.156. The van der Waals surface area contributed by atoms with Crippen molar-refractivity contribution in [1.82, 2.24) is 9.97 Å². The summed E-state index contributed by atoms with van der Waals surface area (Å²) >= 11 is 11.0. The molecule has 1 aliphatic carbocycles. The summed E-state index contributed by atoms with van der Waals surface area (Å²) < 4.78 is 5.49. The van der Waals surface area contributed by atoms with E-state index in [9.17, 15) is 0 Å². The van der Waals surface area contributed by atoms with Crippen LogP contribution in [0.1, 0.15) is 43.6 Å². The molecule has 1 unspecified atom stereocenters. The van der Waals surface area contributed by atoms with Gasteiger partial charge in [-0.2, -0.15) is 12.6 Å². The van der Waals surface area contributed by atoms with Crippen molar-refractivity contribution in [3.8, 4) is 0 Å². The molecule has 2 atom stereocenters. The van der Waals surface area contributed by atoms with Gasteiger partial charge in [-0.3, -0.25) is 0 Å². The molecule has 1 saturated carbocycles. The Kier molecular flexibility index (Phi) is 4.92. The molecular formula is C15H22ClN3OS. The predicted octanol–water partition coefficient (Wildman–Crippen LogP) is 3.52. The molecule has 3 rings (SSSR count). The van der Waals surface area contributed by atoms with Crippen molar-refractivity contribution in [2.75, 3.05) is 24.7 Å². The van der Waals surface area contributed by atoms with Crippen molar-refractivity contribution < 1.29 is 4.74 Å². The first-order valence-electron chi connectivity index (χ1n) is 7.72. The molecule has 2 aliphatic rings. The third-order valence-electron chi connectivity index (χ3n) is 4.52. The third-order valence-corrected chi connectivity index (χ3v) is 5.37. The molecule has 6 heteroatoms. The number of aromatic nitrogens is 2. The normalized spacial score (nSPS) is 25.3. The third kappa shape index (κ3) is 3.46. The molecule has 21 heavy (non-hydrogen) atoms. The summed E-state index contributed by atoms with van der Waals surface area (Å²) in [6, 6.07) is 2.37. The predicted molar refractivity (Wildman–Crippen MR) is 88.4 cm³/mol. The maximum atomic E-state index is 6.15. The second-order valence-corrected chi connectivity index (χ2v) is 6.92. The highest BCUT2D eigenvalue weighted by atomic mass is 35.5. The van der Waals surface area contributed by atoms with E-state index >= 15 is 0 Å². The average molecular weight is 328 g/mol. The van der Waals surface area contributed by atoms with Crippen molar-refractivity contribution in [2.45, 2.75) is 43.9 Å². The molecule has 0 aromatic carbocycles. The van der Waals surface area contributed by atoms with Gasteiger partial charge in [0.1, 0.15) is 5.82 Å². The summed E-state index contributed by atoms with van der Waals surface area (Å²) in [5.41, 5.74) is 0.957. The van der Waals surface area contributed by atoms with Gasteiger partial charge in [-0.25, -0.2) is 9.97 Å². The van der Waals surface area contributed by atoms with Gasteiger partial charge in [0.15, 0.2) is 0 Å². The summed E-state index contributed by atoms with van der Waals surface area (Å²) in [4.78, 5) is 11.1. The Bertz CT molecular complexity index is 496. The van der Waals surface area contributed by atoms with Crippen LogP contribution in [0.4, 0.5) is 5.82 Å². The van der Waals surface area contributed by atoms with Crippen molar-refractivity contribution in [3.05, 3.63) is 17.0 Å². The van der Waals surface area contributed by atoms with Gasteiger partial charge in [0.05, 0.1) is 24.9 Å². The molecule has 0 spiro atoms. The monoisotopic (exact) mass is 327 g/mol. The molecule has 1 aromatic rings. The Labute approximate surface area is 136 Å². The Morgan fingerprint density at radius 1 is 1.38 bits per heavy atom. The molecule has 2 heterocycles. The van der Waals surface area contributed by atoms with Crippen molar-refractivity contribution in [2.24, 2.45) is 5.92 Å². The fourth-order valence-corrected chi connectivity index (χ4v) is 3.92. The minimum atomic E-state index is 0.156. The van der Waals surface area contributed by atoms with Crippen LogP contribution in [0.3, 0.4) is 0 Å². The molecule has 0 N–H and O–H groups in total. The number of hydrogen-bond donors (Lipinski definition) is 1. The highest BCUT2D eigenvalue weighted by Crippen LogP contribution is 2.39. The number of thiol groups is 1. The molecule has 1 aliphatic heterocycles. The number of rotatable bonds is 3. The lowest BCUT2D eigenvalue weighted by molar-refractivity contribution is 0.0985. The molecule has 0 bridgehead atoms. The summed E-state index contributed by atoms with van der Waals surface area (Å²) in [7, 11) is 0. The van der Waals surface area contributed by atoms with E-state index < -0.39 is 0 Å². The van der Waals surface area contributed by atoms with E-state index in [-0.39, 0.29) is 5.25 Å². The molecule has 1 saturated heterocycles. The Morgan fingerprint density at radius 3 is 2.86 bits per heavy atom. The average Bonchev–Trinajstić information content (AvgIpc) is 3.00. The number of hydrogen-bond acceptors (Lipinski definition) is 5. The molecular weight excluding hydrogens is 306 g/mol. The molecule has 4 nitrogen and oxygen atoms in total. The van der Waals surface area contributed by atoms with Gasteiger partial charge in [0.2, 0.25) is 5.28 Å². The number of halogens is 1. The fraction of sp³-hybridized carbons (Fsp3) is 0.733. The molecule has 0 amide bonds. The van der Waals surface area contributed by atoms with E-state index in [0.717, 1.165) is 31.3 Å². The molecule has 0 radical (unpaired) electrons. The van der Waals surface area contributed by atoms with Gasteiger partial charge in [0, 0.05) is 17.9 Å². The summed E-state index contributed by atoms with van der Waals surface area (Å²) in [6.07, 6.45) is 5.07. The fourth-order valence-electron chi connectivity index (χ4n) is 3.30. The lowest BCUT2D eigenvalue weighted by Gasteiger charge is -2.34. The van der Waals surface area contributed by atoms with Crippen LogP contribution in [0.5, 0.6) is 0 Å². The summed E-state index contributed by atoms with van der Waals surface area (Å²) in [5, 5.41) is 0.473. The van der Waals surface area contributed by atoms with Crippen molar-refractivity contribution in [1.29, 1.82) is 0 Å². The lowest BCUT2D eigenvalue weighted by atomic mass is 10.0. The zero-order valence-corrected chi connectivity index (χ0v) is 14.0. The number of anilines is 1. The largest absolute Gasteiger partial charge is 0.377 e. The Balaban J connectivity index is 1.84. The van der Waals surface area contributed by atoms with Crippen LogP contribution in [0.2, 0.25) is 5.28 Å². The summed E-state index contributed by atoms with van der Waals surface area (Å²) in [5.74, 6) is 1.51. The van der Waals surface area contributed by atoms with Crippen LogP contribution in [-0.4, -0.2) is 35.8 Å². The SMILES string of the molecule is C[C@H]1COCCN1c1cc(C(S)C2CCCC2)nc(Cl)n1. The maximum Gasteiger partial charge on any atom is 0.224 e. The smallest absolute Gasteiger partial charge is 0.224 e.